The van der Waals surface area contributed by atoms with E-state index < -0.39 is 24.5 Å². The molecule has 7 heteroatoms. The zero-order valence-electron chi connectivity index (χ0n) is 15.4. The largest absolute Gasteiger partial charge is 0.465 e. The van der Waals surface area contributed by atoms with E-state index in [1.54, 1.807) is 37.3 Å². The van der Waals surface area contributed by atoms with Crippen LogP contribution in [0.25, 0.3) is 10.9 Å². The van der Waals surface area contributed by atoms with Gasteiger partial charge in [-0.05, 0) is 36.8 Å². The second-order valence-corrected chi connectivity index (χ2v) is 6.03. The van der Waals surface area contributed by atoms with Crippen molar-refractivity contribution >= 4 is 34.4 Å². The van der Waals surface area contributed by atoms with Gasteiger partial charge in [-0.1, -0.05) is 30.3 Å². The molecule has 1 amide bonds. The summed E-state index contributed by atoms with van der Waals surface area (Å²) < 4.78 is 9.71. The van der Waals surface area contributed by atoms with Crippen molar-refractivity contribution in [3.63, 3.8) is 0 Å². The number of para-hydroxylation sites is 1. The second-order valence-electron chi connectivity index (χ2n) is 6.03. The van der Waals surface area contributed by atoms with Gasteiger partial charge in [-0.3, -0.25) is 4.79 Å². The lowest BCUT2D eigenvalue weighted by atomic mass is 10.1. The summed E-state index contributed by atoms with van der Waals surface area (Å²) in [4.78, 5) is 40.2. The lowest BCUT2D eigenvalue weighted by molar-refractivity contribution is -0.119. The highest BCUT2D eigenvalue weighted by molar-refractivity contribution is 5.97. The molecule has 28 heavy (non-hydrogen) atoms. The Labute approximate surface area is 161 Å². The lowest BCUT2D eigenvalue weighted by Gasteiger charge is -2.10. The summed E-state index contributed by atoms with van der Waals surface area (Å²) in [6.07, 6.45) is 0. The maximum absolute atomic E-state index is 12.2. The molecule has 1 aromatic heterocycles. The maximum atomic E-state index is 12.2. The predicted molar refractivity (Wildman–Crippen MR) is 103 cm³/mol. The molecule has 7 nitrogen and oxygen atoms in total. The van der Waals surface area contributed by atoms with Crippen molar-refractivity contribution in [1.29, 1.82) is 0 Å². The van der Waals surface area contributed by atoms with Gasteiger partial charge in [-0.2, -0.15) is 0 Å². The summed E-state index contributed by atoms with van der Waals surface area (Å²) in [5.74, 6) is -1.73. The summed E-state index contributed by atoms with van der Waals surface area (Å²) in [7, 11) is 1.28. The molecule has 1 N–H and O–H groups in total. The highest BCUT2D eigenvalue weighted by Gasteiger charge is 2.14. The van der Waals surface area contributed by atoms with Crippen molar-refractivity contribution in [2.24, 2.45) is 0 Å². The minimum Gasteiger partial charge on any atom is -0.465 e. The van der Waals surface area contributed by atoms with Crippen molar-refractivity contribution < 1.29 is 23.9 Å². The Kier molecular flexibility index (Phi) is 5.64. The molecule has 3 rings (SSSR count). The van der Waals surface area contributed by atoms with Crippen LogP contribution in [0.5, 0.6) is 0 Å². The fourth-order valence-corrected chi connectivity index (χ4v) is 2.57. The van der Waals surface area contributed by atoms with Gasteiger partial charge in [-0.15, -0.1) is 0 Å². The minimum atomic E-state index is -0.694. The Balaban J connectivity index is 1.63. The Hall–Kier alpha value is -3.74. The molecule has 0 unspecified atom stereocenters. The molecule has 0 aliphatic heterocycles. The first-order valence-electron chi connectivity index (χ1n) is 8.49. The van der Waals surface area contributed by atoms with Crippen molar-refractivity contribution in [3.8, 4) is 0 Å². The Morgan fingerprint density at radius 1 is 1.00 bits per heavy atom. The van der Waals surface area contributed by atoms with Crippen molar-refractivity contribution in [2.45, 2.75) is 6.92 Å². The summed E-state index contributed by atoms with van der Waals surface area (Å²) in [6.45, 7) is 1.30. The molecule has 0 saturated heterocycles. The first-order chi connectivity index (χ1) is 13.5. The monoisotopic (exact) mass is 378 g/mol. The topological polar surface area (TPSA) is 94.6 Å². The van der Waals surface area contributed by atoms with E-state index in [-0.39, 0.29) is 5.69 Å². The van der Waals surface area contributed by atoms with Crippen molar-refractivity contribution in [2.75, 3.05) is 19.0 Å². The SMILES string of the molecule is COC(=O)c1ccc(C)c(NC(=O)COC(=O)c2ccc3ccccc3n2)c1. The molecule has 0 fully saturated rings. The average Bonchev–Trinajstić information content (AvgIpc) is 2.72. The fraction of sp³-hybridized carbons (Fsp3) is 0.143. The number of amides is 1. The van der Waals surface area contributed by atoms with E-state index >= 15 is 0 Å². The number of esters is 2. The van der Waals surface area contributed by atoms with Crippen LogP contribution in [0.3, 0.4) is 0 Å². The molecular formula is C21H18N2O5. The van der Waals surface area contributed by atoms with E-state index in [9.17, 15) is 14.4 Å². The van der Waals surface area contributed by atoms with Gasteiger partial charge >= 0.3 is 11.9 Å². The normalized spacial score (nSPS) is 10.4. The number of benzene rings is 2. The zero-order chi connectivity index (χ0) is 20.1. The van der Waals surface area contributed by atoms with E-state index in [2.05, 4.69) is 15.0 Å². The van der Waals surface area contributed by atoms with E-state index in [1.165, 1.54) is 13.2 Å². The van der Waals surface area contributed by atoms with Gasteiger partial charge in [0.2, 0.25) is 0 Å². The molecule has 0 atom stereocenters. The molecular weight excluding hydrogens is 360 g/mol. The smallest absolute Gasteiger partial charge is 0.357 e. The van der Waals surface area contributed by atoms with Crippen molar-refractivity contribution in [1.82, 2.24) is 4.98 Å². The Morgan fingerprint density at radius 3 is 2.57 bits per heavy atom. The van der Waals surface area contributed by atoms with E-state index in [1.807, 2.05) is 18.2 Å². The van der Waals surface area contributed by atoms with E-state index in [0.717, 1.165) is 10.9 Å². The van der Waals surface area contributed by atoms with Gasteiger partial charge in [0.25, 0.3) is 5.91 Å². The third-order valence-corrected chi connectivity index (χ3v) is 4.07. The number of ether oxygens (including phenoxy) is 2. The van der Waals surface area contributed by atoms with Gasteiger partial charge in [-0.25, -0.2) is 14.6 Å². The number of hydrogen-bond acceptors (Lipinski definition) is 6. The average molecular weight is 378 g/mol. The molecule has 0 spiro atoms. The Bertz CT molecular complexity index is 1060. The van der Waals surface area contributed by atoms with Crippen LogP contribution in [-0.2, 0) is 14.3 Å². The number of carbonyl (C=O) groups is 3. The molecule has 0 bridgehead atoms. The lowest BCUT2D eigenvalue weighted by Crippen LogP contribution is -2.22. The van der Waals surface area contributed by atoms with Gasteiger partial charge in [0.15, 0.2) is 6.61 Å². The quantitative estimate of drug-likeness (QED) is 0.686. The summed E-state index contributed by atoms with van der Waals surface area (Å²) in [5, 5.41) is 3.52. The molecule has 0 aliphatic carbocycles. The fourth-order valence-electron chi connectivity index (χ4n) is 2.57. The van der Waals surface area contributed by atoms with Crippen LogP contribution in [0.4, 0.5) is 5.69 Å². The summed E-state index contributed by atoms with van der Waals surface area (Å²) in [5.41, 5.74) is 2.28. The number of nitrogens with zero attached hydrogens (tertiary/aromatic N) is 1. The van der Waals surface area contributed by atoms with Crippen LogP contribution in [0.2, 0.25) is 0 Å². The Morgan fingerprint density at radius 2 is 1.79 bits per heavy atom. The van der Waals surface area contributed by atoms with Crippen LogP contribution in [0, 0.1) is 6.92 Å². The highest BCUT2D eigenvalue weighted by atomic mass is 16.5. The van der Waals surface area contributed by atoms with Crippen molar-refractivity contribution in [3.05, 3.63) is 71.4 Å². The number of nitrogens with one attached hydrogen (secondary N) is 1. The van der Waals surface area contributed by atoms with Crippen LogP contribution < -0.4 is 5.32 Å². The van der Waals surface area contributed by atoms with Gasteiger partial charge < -0.3 is 14.8 Å². The number of pyridine rings is 1. The standard InChI is InChI=1S/C21H18N2O5/c1-13-7-8-15(20(25)27-2)11-18(13)23-19(24)12-28-21(26)17-10-9-14-5-3-4-6-16(14)22-17/h3-11H,12H2,1-2H3,(H,23,24). The predicted octanol–water partition coefficient (Wildman–Crippen LogP) is 3.13. The number of carbonyl (C=O) groups excluding carboxylic acids is 3. The van der Waals surface area contributed by atoms with Crippen LogP contribution in [-0.4, -0.2) is 36.5 Å². The number of methoxy groups -OCH3 is 1. The van der Waals surface area contributed by atoms with Crippen LogP contribution in [0.1, 0.15) is 26.4 Å². The first-order valence-corrected chi connectivity index (χ1v) is 8.49. The number of aromatic nitrogens is 1. The highest BCUT2D eigenvalue weighted by Crippen LogP contribution is 2.18. The summed E-state index contributed by atoms with van der Waals surface area (Å²) >= 11 is 0. The molecule has 1 heterocycles. The maximum Gasteiger partial charge on any atom is 0.357 e. The van der Waals surface area contributed by atoms with Gasteiger partial charge in [0.1, 0.15) is 5.69 Å². The number of fused-ring (bicyclic) bond motifs is 1. The first kappa shape index (κ1) is 19.0. The molecule has 0 aliphatic rings. The second kappa shape index (κ2) is 8.30. The van der Waals surface area contributed by atoms with Crippen LogP contribution in [0.15, 0.2) is 54.6 Å². The number of hydrogen-bond donors (Lipinski definition) is 1. The third kappa shape index (κ3) is 4.32. The van der Waals surface area contributed by atoms with E-state index in [4.69, 9.17) is 4.74 Å². The van der Waals surface area contributed by atoms with Gasteiger partial charge in [0, 0.05) is 11.1 Å². The molecule has 2 aromatic carbocycles. The molecule has 142 valence electrons. The summed E-state index contributed by atoms with van der Waals surface area (Å²) in [6, 6.07) is 15.5. The number of rotatable bonds is 5. The molecule has 0 saturated carbocycles. The molecule has 0 radical (unpaired) electrons. The van der Waals surface area contributed by atoms with Crippen LogP contribution >= 0.6 is 0 Å². The third-order valence-electron chi connectivity index (χ3n) is 4.07. The molecule has 3 aromatic rings. The number of aryl methyl sites for hydroxylation is 1. The minimum absolute atomic E-state index is 0.121. The van der Waals surface area contributed by atoms with Gasteiger partial charge in [0.05, 0.1) is 18.2 Å². The number of anilines is 1. The van der Waals surface area contributed by atoms with E-state index in [0.29, 0.717) is 16.8 Å². The zero-order valence-corrected chi connectivity index (χ0v) is 15.4.